The minimum Gasteiger partial charge on any atom is -0.298 e. The largest absolute Gasteiger partial charge is 0.431 e. The number of nitrogens with zero attached hydrogens (tertiary/aromatic N) is 1. The predicted octanol–water partition coefficient (Wildman–Crippen LogP) is 3.29. The minimum atomic E-state index is -3.45. The Labute approximate surface area is 85.7 Å². The van der Waals surface area contributed by atoms with Gasteiger partial charge in [-0.3, -0.25) is 9.05 Å². The molecular weight excluding hydrogens is 201 g/mol. The zero-order valence-corrected chi connectivity index (χ0v) is 9.76. The fraction of sp³-hybridized carbons (Fsp3) is 0.889. The van der Waals surface area contributed by atoms with Gasteiger partial charge in [-0.05, 0) is 12.8 Å². The van der Waals surface area contributed by atoms with Crippen molar-refractivity contribution in [1.29, 1.82) is 5.26 Å². The van der Waals surface area contributed by atoms with E-state index in [9.17, 15) is 4.57 Å². The van der Waals surface area contributed by atoms with E-state index in [1.54, 1.807) is 5.81 Å². The van der Waals surface area contributed by atoms with E-state index in [-0.39, 0.29) is 0 Å². The smallest absolute Gasteiger partial charge is 0.298 e. The maximum absolute atomic E-state index is 11.5. The van der Waals surface area contributed by atoms with E-state index in [4.69, 9.17) is 14.3 Å². The number of nitriles is 1. The van der Waals surface area contributed by atoms with E-state index in [1.165, 1.54) is 0 Å². The van der Waals surface area contributed by atoms with E-state index in [1.807, 2.05) is 13.8 Å². The van der Waals surface area contributed by atoms with Gasteiger partial charge >= 0.3 is 7.60 Å². The van der Waals surface area contributed by atoms with E-state index in [0.29, 0.717) is 13.2 Å². The molecule has 14 heavy (non-hydrogen) atoms. The molecular formula is C9H18NO3P. The first-order chi connectivity index (χ1) is 6.68. The summed E-state index contributed by atoms with van der Waals surface area (Å²) in [7, 11) is -3.45. The van der Waals surface area contributed by atoms with Gasteiger partial charge in [-0.1, -0.05) is 26.7 Å². The Balaban J connectivity index is 3.82. The van der Waals surface area contributed by atoms with Crippen LogP contribution in [0, 0.1) is 11.1 Å². The topological polar surface area (TPSA) is 59.3 Å². The summed E-state index contributed by atoms with van der Waals surface area (Å²) in [6.07, 6.45) is 3.48. The molecule has 0 aromatic carbocycles. The van der Waals surface area contributed by atoms with Gasteiger partial charge < -0.3 is 0 Å². The van der Waals surface area contributed by atoms with Crippen LogP contribution in [0.25, 0.3) is 0 Å². The second kappa shape index (κ2) is 7.99. The van der Waals surface area contributed by atoms with Gasteiger partial charge in [-0.2, -0.15) is 5.26 Å². The lowest BCUT2D eigenvalue weighted by atomic mass is 10.4. The quantitative estimate of drug-likeness (QED) is 0.464. The molecule has 0 amide bonds. The molecule has 0 aromatic rings. The molecule has 82 valence electrons. The highest BCUT2D eigenvalue weighted by atomic mass is 31.2. The number of unbranched alkanes of at least 4 members (excludes halogenated alkanes) is 2. The molecule has 0 radical (unpaired) electrons. The average molecular weight is 219 g/mol. The molecule has 0 rings (SSSR count). The molecule has 0 bridgehead atoms. The van der Waals surface area contributed by atoms with E-state index >= 15 is 0 Å². The van der Waals surface area contributed by atoms with Crippen LogP contribution in [0.4, 0.5) is 0 Å². The standard InChI is InChI=1S/C9H18NO3P/c1-3-5-7-12-14(11,9-10)13-8-6-4-2/h3-8H2,1-2H3. The van der Waals surface area contributed by atoms with Crippen molar-refractivity contribution in [3.05, 3.63) is 0 Å². The zero-order chi connectivity index (χ0) is 10.9. The van der Waals surface area contributed by atoms with Crippen molar-refractivity contribution < 1.29 is 13.6 Å². The van der Waals surface area contributed by atoms with E-state index < -0.39 is 7.60 Å². The number of rotatable bonds is 8. The van der Waals surface area contributed by atoms with Crippen molar-refractivity contribution in [2.75, 3.05) is 13.2 Å². The Bertz CT molecular complexity index is 211. The molecule has 0 atom stereocenters. The Morgan fingerprint density at radius 1 is 1.14 bits per heavy atom. The minimum absolute atomic E-state index is 0.327. The third-order valence-corrected chi connectivity index (χ3v) is 2.93. The third-order valence-electron chi connectivity index (χ3n) is 1.64. The molecule has 0 N–H and O–H groups in total. The lowest BCUT2D eigenvalue weighted by Crippen LogP contribution is -1.97. The highest BCUT2D eigenvalue weighted by Crippen LogP contribution is 2.46. The fourth-order valence-corrected chi connectivity index (χ4v) is 1.68. The summed E-state index contributed by atoms with van der Waals surface area (Å²) in [4.78, 5) is 0. The summed E-state index contributed by atoms with van der Waals surface area (Å²) in [6, 6.07) is 0. The van der Waals surface area contributed by atoms with Crippen LogP contribution in [0.3, 0.4) is 0 Å². The first-order valence-electron chi connectivity index (χ1n) is 4.99. The molecule has 0 aliphatic carbocycles. The first kappa shape index (κ1) is 13.6. The van der Waals surface area contributed by atoms with Crippen LogP contribution in [0.15, 0.2) is 0 Å². The van der Waals surface area contributed by atoms with Crippen molar-refractivity contribution in [3.8, 4) is 5.81 Å². The molecule has 0 aliphatic rings. The maximum atomic E-state index is 11.5. The lowest BCUT2D eigenvalue weighted by molar-refractivity contribution is 0.209. The molecule has 4 nitrogen and oxygen atoms in total. The molecule has 0 aliphatic heterocycles. The van der Waals surface area contributed by atoms with Gasteiger partial charge in [-0.15, -0.1) is 0 Å². The predicted molar refractivity (Wildman–Crippen MR) is 54.9 cm³/mol. The molecule has 0 unspecified atom stereocenters. The molecule has 0 fully saturated rings. The fourth-order valence-electron chi connectivity index (χ4n) is 0.753. The first-order valence-corrected chi connectivity index (χ1v) is 6.53. The van der Waals surface area contributed by atoms with Gasteiger partial charge in [0, 0.05) is 0 Å². The van der Waals surface area contributed by atoms with E-state index in [0.717, 1.165) is 25.7 Å². The second-order valence-corrected chi connectivity index (χ2v) is 4.68. The Kier molecular flexibility index (Phi) is 7.78. The monoisotopic (exact) mass is 219 g/mol. The summed E-state index contributed by atoms with van der Waals surface area (Å²) in [5.41, 5.74) is 0. The van der Waals surface area contributed by atoms with Crippen molar-refractivity contribution in [2.24, 2.45) is 0 Å². The van der Waals surface area contributed by atoms with Gasteiger partial charge in [-0.25, -0.2) is 4.57 Å². The summed E-state index contributed by atoms with van der Waals surface area (Å²) >= 11 is 0. The van der Waals surface area contributed by atoms with Gasteiger partial charge in [0.25, 0.3) is 0 Å². The summed E-state index contributed by atoms with van der Waals surface area (Å²) in [5, 5.41) is 8.62. The summed E-state index contributed by atoms with van der Waals surface area (Å²) < 4.78 is 21.4. The van der Waals surface area contributed by atoms with E-state index in [2.05, 4.69) is 0 Å². The van der Waals surface area contributed by atoms with Crippen molar-refractivity contribution in [3.63, 3.8) is 0 Å². The van der Waals surface area contributed by atoms with Gasteiger partial charge in [0.05, 0.1) is 13.2 Å². The highest BCUT2D eigenvalue weighted by Gasteiger charge is 2.23. The average Bonchev–Trinajstić information content (AvgIpc) is 2.19. The molecule has 0 saturated carbocycles. The van der Waals surface area contributed by atoms with Crippen molar-refractivity contribution in [2.45, 2.75) is 39.5 Å². The number of hydrogen-bond donors (Lipinski definition) is 0. The summed E-state index contributed by atoms with van der Waals surface area (Å²) in [6.45, 7) is 4.65. The maximum Gasteiger partial charge on any atom is 0.431 e. The van der Waals surface area contributed by atoms with Crippen molar-refractivity contribution in [1.82, 2.24) is 0 Å². The van der Waals surface area contributed by atoms with Gasteiger partial charge in [0.15, 0.2) is 5.81 Å². The van der Waals surface area contributed by atoms with Crippen LogP contribution < -0.4 is 0 Å². The molecule has 0 saturated heterocycles. The van der Waals surface area contributed by atoms with Gasteiger partial charge in [0.1, 0.15) is 0 Å². The Hall–Kier alpha value is -0.360. The Morgan fingerprint density at radius 3 is 1.86 bits per heavy atom. The normalized spacial score (nSPS) is 11.2. The van der Waals surface area contributed by atoms with Crippen LogP contribution in [0.2, 0.25) is 0 Å². The van der Waals surface area contributed by atoms with Crippen LogP contribution in [-0.4, -0.2) is 13.2 Å². The molecule has 0 heterocycles. The zero-order valence-electron chi connectivity index (χ0n) is 8.86. The van der Waals surface area contributed by atoms with Crippen LogP contribution in [0.1, 0.15) is 39.5 Å². The third kappa shape index (κ3) is 6.15. The van der Waals surface area contributed by atoms with Crippen LogP contribution in [0.5, 0.6) is 0 Å². The molecule has 0 aromatic heterocycles. The van der Waals surface area contributed by atoms with Gasteiger partial charge in [0.2, 0.25) is 0 Å². The highest BCUT2D eigenvalue weighted by molar-refractivity contribution is 7.59. The lowest BCUT2D eigenvalue weighted by Gasteiger charge is -2.10. The SMILES string of the molecule is CCCCOP(=O)(C#N)OCCCC. The summed E-state index contributed by atoms with van der Waals surface area (Å²) in [5.74, 6) is 1.61. The molecule has 0 spiro atoms. The molecule has 5 heteroatoms. The Morgan fingerprint density at radius 2 is 1.57 bits per heavy atom. The van der Waals surface area contributed by atoms with Crippen LogP contribution >= 0.6 is 7.60 Å². The van der Waals surface area contributed by atoms with Crippen molar-refractivity contribution >= 4 is 7.60 Å². The van der Waals surface area contributed by atoms with Crippen LogP contribution in [-0.2, 0) is 13.6 Å². The number of hydrogen-bond acceptors (Lipinski definition) is 4. The second-order valence-electron chi connectivity index (χ2n) is 2.97.